The van der Waals surface area contributed by atoms with Gasteiger partial charge in [0, 0.05) is 17.6 Å². The van der Waals surface area contributed by atoms with Gasteiger partial charge in [0.05, 0.1) is 5.69 Å². The van der Waals surface area contributed by atoms with E-state index in [-0.39, 0.29) is 5.66 Å². The summed E-state index contributed by atoms with van der Waals surface area (Å²) >= 11 is 0. The standard InChI is InChI=1S/C21H21N3/c1-16-10-7-8-13-18(16)24-20-19(14-9-15-22-20)23(21(24,2)3)17-11-5-4-6-12-17/h4-15H,1-3H3. The highest BCUT2D eigenvalue weighted by atomic mass is 15.5. The van der Waals surface area contributed by atoms with E-state index in [1.807, 2.05) is 12.3 Å². The number of anilines is 4. The fourth-order valence-corrected chi connectivity index (χ4v) is 3.64. The van der Waals surface area contributed by atoms with E-state index in [1.54, 1.807) is 0 Å². The van der Waals surface area contributed by atoms with Gasteiger partial charge in [-0.15, -0.1) is 0 Å². The molecule has 120 valence electrons. The van der Waals surface area contributed by atoms with Crippen LogP contribution in [0.25, 0.3) is 0 Å². The average molecular weight is 315 g/mol. The van der Waals surface area contributed by atoms with Crippen molar-refractivity contribution in [2.75, 3.05) is 9.80 Å². The molecule has 1 aliphatic heterocycles. The number of aromatic nitrogens is 1. The van der Waals surface area contributed by atoms with Gasteiger partial charge < -0.3 is 9.80 Å². The largest absolute Gasteiger partial charge is 0.315 e. The molecule has 0 spiro atoms. The second-order valence-electron chi connectivity index (χ2n) is 6.63. The van der Waals surface area contributed by atoms with Crippen LogP contribution in [-0.4, -0.2) is 10.6 Å². The van der Waals surface area contributed by atoms with Crippen LogP contribution >= 0.6 is 0 Å². The monoisotopic (exact) mass is 315 g/mol. The Morgan fingerprint density at radius 2 is 1.42 bits per heavy atom. The molecule has 0 N–H and O–H groups in total. The fourth-order valence-electron chi connectivity index (χ4n) is 3.64. The van der Waals surface area contributed by atoms with Gasteiger partial charge in [-0.1, -0.05) is 36.4 Å². The predicted molar refractivity (Wildman–Crippen MR) is 100 cm³/mol. The van der Waals surface area contributed by atoms with E-state index in [0.29, 0.717) is 0 Å². The number of benzene rings is 2. The molecule has 1 aromatic heterocycles. The van der Waals surface area contributed by atoms with Gasteiger partial charge in [0.15, 0.2) is 5.82 Å². The maximum atomic E-state index is 4.71. The van der Waals surface area contributed by atoms with E-state index < -0.39 is 0 Å². The number of para-hydroxylation sites is 2. The van der Waals surface area contributed by atoms with E-state index in [2.05, 4.69) is 91.2 Å². The molecule has 0 atom stereocenters. The molecular weight excluding hydrogens is 294 g/mol. The van der Waals surface area contributed by atoms with Crippen molar-refractivity contribution in [2.45, 2.75) is 26.4 Å². The van der Waals surface area contributed by atoms with Crippen LogP contribution in [0.15, 0.2) is 72.9 Å². The minimum atomic E-state index is -0.260. The molecule has 2 heterocycles. The Labute approximate surface area is 143 Å². The van der Waals surface area contributed by atoms with Gasteiger partial charge >= 0.3 is 0 Å². The first-order valence-corrected chi connectivity index (χ1v) is 8.27. The highest BCUT2D eigenvalue weighted by Gasteiger charge is 2.45. The van der Waals surface area contributed by atoms with E-state index in [0.717, 1.165) is 11.5 Å². The first-order valence-electron chi connectivity index (χ1n) is 8.27. The van der Waals surface area contributed by atoms with Crippen molar-refractivity contribution in [3.8, 4) is 0 Å². The number of aryl methyl sites for hydroxylation is 1. The predicted octanol–water partition coefficient (Wildman–Crippen LogP) is 5.42. The van der Waals surface area contributed by atoms with Gasteiger partial charge in [-0.2, -0.15) is 0 Å². The van der Waals surface area contributed by atoms with Crippen LogP contribution in [0, 0.1) is 6.92 Å². The fraction of sp³-hybridized carbons (Fsp3) is 0.190. The average Bonchev–Trinajstić information content (AvgIpc) is 2.82. The zero-order chi connectivity index (χ0) is 16.7. The van der Waals surface area contributed by atoms with Crippen molar-refractivity contribution in [2.24, 2.45) is 0 Å². The Balaban J connectivity index is 1.96. The minimum Gasteiger partial charge on any atom is -0.315 e. The van der Waals surface area contributed by atoms with E-state index >= 15 is 0 Å². The van der Waals surface area contributed by atoms with E-state index in [4.69, 9.17) is 4.98 Å². The maximum Gasteiger partial charge on any atom is 0.159 e. The number of rotatable bonds is 2. The van der Waals surface area contributed by atoms with Crippen LogP contribution in [0.2, 0.25) is 0 Å². The van der Waals surface area contributed by atoms with Crippen LogP contribution in [-0.2, 0) is 0 Å². The van der Waals surface area contributed by atoms with E-state index in [9.17, 15) is 0 Å². The molecule has 0 amide bonds. The van der Waals surface area contributed by atoms with Crippen molar-refractivity contribution >= 4 is 22.9 Å². The molecule has 0 unspecified atom stereocenters. The number of fused-ring (bicyclic) bond motifs is 1. The van der Waals surface area contributed by atoms with Crippen molar-refractivity contribution < 1.29 is 0 Å². The topological polar surface area (TPSA) is 19.4 Å². The number of pyridine rings is 1. The summed E-state index contributed by atoms with van der Waals surface area (Å²) in [5.41, 5.74) is 4.49. The Hall–Kier alpha value is -2.81. The quantitative estimate of drug-likeness (QED) is 0.630. The Morgan fingerprint density at radius 3 is 2.17 bits per heavy atom. The number of nitrogens with zero attached hydrogens (tertiary/aromatic N) is 3. The Bertz CT molecular complexity index is 871. The Kier molecular flexibility index (Phi) is 3.31. The van der Waals surface area contributed by atoms with Crippen LogP contribution in [0.3, 0.4) is 0 Å². The molecular formula is C21H21N3. The number of hydrogen-bond donors (Lipinski definition) is 0. The van der Waals surface area contributed by atoms with Crippen LogP contribution in [0.5, 0.6) is 0 Å². The van der Waals surface area contributed by atoms with Gasteiger partial charge in [-0.3, -0.25) is 0 Å². The van der Waals surface area contributed by atoms with Gasteiger partial charge in [-0.25, -0.2) is 4.98 Å². The van der Waals surface area contributed by atoms with Crippen molar-refractivity contribution in [1.82, 2.24) is 4.98 Å². The summed E-state index contributed by atoms with van der Waals surface area (Å²) in [4.78, 5) is 9.41. The number of hydrogen-bond acceptors (Lipinski definition) is 3. The third-order valence-corrected chi connectivity index (χ3v) is 4.68. The minimum absolute atomic E-state index is 0.260. The first-order chi connectivity index (χ1) is 11.6. The van der Waals surface area contributed by atoms with Gasteiger partial charge in [0.1, 0.15) is 5.66 Å². The molecule has 0 radical (unpaired) electrons. The van der Waals surface area contributed by atoms with E-state index in [1.165, 1.54) is 16.9 Å². The summed E-state index contributed by atoms with van der Waals surface area (Å²) in [5, 5.41) is 0. The van der Waals surface area contributed by atoms with Crippen LogP contribution in [0.4, 0.5) is 22.9 Å². The molecule has 0 saturated heterocycles. The van der Waals surface area contributed by atoms with Crippen molar-refractivity contribution in [3.05, 3.63) is 78.5 Å². The molecule has 3 aromatic rings. The lowest BCUT2D eigenvalue weighted by Gasteiger charge is -2.40. The van der Waals surface area contributed by atoms with Gasteiger partial charge in [0.2, 0.25) is 0 Å². The lowest BCUT2D eigenvalue weighted by atomic mass is 10.1. The first kappa shape index (κ1) is 14.8. The zero-order valence-corrected chi connectivity index (χ0v) is 14.3. The van der Waals surface area contributed by atoms with Crippen LogP contribution < -0.4 is 9.80 Å². The normalized spacial score (nSPS) is 15.5. The molecule has 1 aliphatic rings. The molecule has 4 rings (SSSR count). The molecule has 0 bridgehead atoms. The Morgan fingerprint density at radius 1 is 0.750 bits per heavy atom. The summed E-state index contributed by atoms with van der Waals surface area (Å²) in [6, 6.07) is 23.2. The smallest absolute Gasteiger partial charge is 0.159 e. The van der Waals surface area contributed by atoms with Crippen molar-refractivity contribution in [1.29, 1.82) is 0 Å². The van der Waals surface area contributed by atoms with Gasteiger partial charge in [-0.05, 0) is 56.7 Å². The van der Waals surface area contributed by atoms with Gasteiger partial charge in [0.25, 0.3) is 0 Å². The lowest BCUT2D eigenvalue weighted by molar-refractivity contribution is 0.537. The summed E-state index contributed by atoms with van der Waals surface area (Å²) in [6.45, 7) is 6.64. The summed E-state index contributed by atoms with van der Waals surface area (Å²) in [6.07, 6.45) is 1.87. The molecule has 2 aromatic carbocycles. The molecule has 3 nitrogen and oxygen atoms in total. The highest BCUT2D eigenvalue weighted by molar-refractivity contribution is 5.88. The lowest BCUT2D eigenvalue weighted by Crippen LogP contribution is -2.48. The molecule has 0 saturated carbocycles. The summed E-state index contributed by atoms with van der Waals surface area (Å²) in [5.74, 6) is 1.00. The molecule has 24 heavy (non-hydrogen) atoms. The summed E-state index contributed by atoms with van der Waals surface area (Å²) in [7, 11) is 0. The van der Waals surface area contributed by atoms with Crippen molar-refractivity contribution in [3.63, 3.8) is 0 Å². The highest BCUT2D eigenvalue weighted by Crippen LogP contribution is 2.51. The molecule has 0 fully saturated rings. The summed E-state index contributed by atoms with van der Waals surface area (Å²) < 4.78 is 0. The molecule has 3 heteroatoms. The molecule has 0 aliphatic carbocycles. The van der Waals surface area contributed by atoms with Crippen LogP contribution in [0.1, 0.15) is 19.4 Å². The second-order valence-corrected chi connectivity index (χ2v) is 6.63. The SMILES string of the molecule is Cc1ccccc1N1c2ncccc2N(c2ccccc2)C1(C)C. The maximum absolute atomic E-state index is 4.71. The third-order valence-electron chi connectivity index (χ3n) is 4.68. The zero-order valence-electron chi connectivity index (χ0n) is 14.3. The third kappa shape index (κ3) is 2.08. The second kappa shape index (κ2) is 5.38.